The number of guanidine groups is 1. The highest BCUT2D eigenvalue weighted by atomic mass is 16.5. The molecule has 0 aliphatic rings. The van der Waals surface area contributed by atoms with Crippen LogP contribution in [0.15, 0.2) is 41.8 Å². The predicted octanol–water partition coefficient (Wildman–Crippen LogP) is 1.15. The highest BCUT2D eigenvalue weighted by molar-refractivity contribution is 5.86. The molecular formula is C18H24N8O. The number of aryl methyl sites for hydroxylation is 1. The van der Waals surface area contributed by atoms with Crippen LogP contribution in [0.25, 0.3) is 11.0 Å². The normalized spacial score (nSPS) is 11.4. The first-order valence-electron chi connectivity index (χ1n) is 8.65. The van der Waals surface area contributed by atoms with Gasteiger partial charge >= 0.3 is 0 Å². The minimum atomic E-state index is 0.659. The average Bonchev–Trinajstić information content (AvgIpc) is 3.09. The summed E-state index contributed by atoms with van der Waals surface area (Å²) in [5.41, 5.74) is 1.92. The summed E-state index contributed by atoms with van der Waals surface area (Å²) >= 11 is 0. The van der Waals surface area contributed by atoms with E-state index in [9.17, 15) is 0 Å². The number of ether oxygens (including phenoxy) is 1. The number of fused-ring (bicyclic) bond motifs is 1. The van der Waals surface area contributed by atoms with E-state index < -0.39 is 0 Å². The van der Waals surface area contributed by atoms with Crippen molar-refractivity contribution in [1.29, 1.82) is 0 Å². The molecule has 0 atom stereocenters. The molecule has 27 heavy (non-hydrogen) atoms. The van der Waals surface area contributed by atoms with Crippen molar-refractivity contribution in [3.05, 3.63) is 42.4 Å². The Kier molecular flexibility index (Phi) is 6.03. The lowest BCUT2D eigenvalue weighted by atomic mass is 10.2. The minimum absolute atomic E-state index is 0.659. The number of aromatic nitrogens is 4. The second-order valence-corrected chi connectivity index (χ2v) is 5.86. The van der Waals surface area contributed by atoms with E-state index in [1.54, 1.807) is 25.0 Å². The van der Waals surface area contributed by atoms with Crippen LogP contribution in [-0.4, -0.2) is 53.0 Å². The number of anilines is 1. The number of benzene rings is 1. The molecule has 9 nitrogen and oxygen atoms in total. The van der Waals surface area contributed by atoms with E-state index >= 15 is 0 Å². The van der Waals surface area contributed by atoms with E-state index in [1.807, 2.05) is 31.3 Å². The van der Waals surface area contributed by atoms with Gasteiger partial charge in [-0.1, -0.05) is 12.1 Å². The molecule has 142 valence electrons. The van der Waals surface area contributed by atoms with Gasteiger partial charge in [-0.15, -0.1) is 0 Å². The number of aliphatic imine (C=N–C) groups is 1. The molecule has 0 aliphatic heterocycles. The zero-order chi connectivity index (χ0) is 19.1. The zero-order valence-electron chi connectivity index (χ0n) is 15.7. The molecule has 2 heterocycles. The molecule has 3 aromatic rings. The highest BCUT2D eigenvalue weighted by Gasteiger charge is 2.07. The second-order valence-electron chi connectivity index (χ2n) is 5.86. The maximum absolute atomic E-state index is 5.24. The smallest absolute Gasteiger partial charge is 0.191 e. The maximum atomic E-state index is 5.24. The van der Waals surface area contributed by atoms with Gasteiger partial charge in [0.15, 0.2) is 11.6 Å². The molecule has 0 radical (unpaired) electrons. The van der Waals surface area contributed by atoms with Crippen molar-refractivity contribution in [2.45, 2.75) is 6.54 Å². The fourth-order valence-corrected chi connectivity index (χ4v) is 2.65. The zero-order valence-corrected chi connectivity index (χ0v) is 15.7. The van der Waals surface area contributed by atoms with Crippen molar-refractivity contribution < 1.29 is 4.74 Å². The molecule has 2 aromatic heterocycles. The van der Waals surface area contributed by atoms with E-state index in [0.717, 1.165) is 34.1 Å². The Bertz CT molecular complexity index is 921. The lowest BCUT2D eigenvalue weighted by Crippen LogP contribution is -2.39. The summed E-state index contributed by atoms with van der Waals surface area (Å²) in [5.74, 6) is 2.34. The van der Waals surface area contributed by atoms with Crippen molar-refractivity contribution in [1.82, 2.24) is 30.4 Å². The summed E-state index contributed by atoms with van der Waals surface area (Å²) < 4.78 is 6.97. The lowest BCUT2D eigenvalue weighted by Gasteiger charge is -2.13. The van der Waals surface area contributed by atoms with E-state index in [0.29, 0.717) is 19.6 Å². The largest absolute Gasteiger partial charge is 0.497 e. The summed E-state index contributed by atoms with van der Waals surface area (Å²) in [6, 6.07) is 7.93. The van der Waals surface area contributed by atoms with Gasteiger partial charge in [0.25, 0.3) is 0 Å². The Morgan fingerprint density at radius 2 is 2.11 bits per heavy atom. The van der Waals surface area contributed by atoms with Crippen LogP contribution < -0.4 is 20.7 Å². The van der Waals surface area contributed by atoms with Crippen LogP contribution in [0.2, 0.25) is 0 Å². The van der Waals surface area contributed by atoms with Crippen molar-refractivity contribution >= 4 is 22.8 Å². The third kappa shape index (κ3) is 4.63. The molecule has 0 spiro atoms. The summed E-state index contributed by atoms with van der Waals surface area (Å²) in [5, 5.41) is 15.0. The topological polar surface area (TPSA) is 101 Å². The molecule has 0 saturated heterocycles. The number of nitrogens with zero attached hydrogens (tertiary/aromatic N) is 5. The van der Waals surface area contributed by atoms with Crippen LogP contribution in [0, 0.1) is 0 Å². The molecule has 3 N–H and O–H groups in total. The van der Waals surface area contributed by atoms with E-state index in [2.05, 4.69) is 36.0 Å². The van der Waals surface area contributed by atoms with Gasteiger partial charge in [-0.2, -0.15) is 5.10 Å². The number of hydrogen-bond donors (Lipinski definition) is 3. The predicted molar refractivity (Wildman–Crippen MR) is 106 cm³/mol. The first-order valence-corrected chi connectivity index (χ1v) is 8.65. The molecule has 0 saturated carbocycles. The molecule has 9 heteroatoms. The van der Waals surface area contributed by atoms with Gasteiger partial charge in [-0.05, 0) is 17.7 Å². The average molecular weight is 368 g/mol. The summed E-state index contributed by atoms with van der Waals surface area (Å²) in [6.07, 6.45) is 3.30. The molecule has 0 fully saturated rings. The van der Waals surface area contributed by atoms with Crippen molar-refractivity contribution in [2.75, 3.05) is 32.6 Å². The van der Waals surface area contributed by atoms with Crippen molar-refractivity contribution in [3.8, 4) is 5.75 Å². The van der Waals surface area contributed by atoms with Gasteiger partial charge in [0.2, 0.25) is 0 Å². The summed E-state index contributed by atoms with van der Waals surface area (Å²) in [7, 11) is 5.27. The van der Waals surface area contributed by atoms with Crippen LogP contribution >= 0.6 is 0 Å². The summed E-state index contributed by atoms with van der Waals surface area (Å²) in [6.45, 7) is 2.02. The fourth-order valence-electron chi connectivity index (χ4n) is 2.65. The molecule has 0 bridgehead atoms. The number of hydrogen-bond acceptors (Lipinski definition) is 6. The number of rotatable bonds is 7. The van der Waals surface area contributed by atoms with E-state index in [4.69, 9.17) is 4.74 Å². The van der Waals surface area contributed by atoms with Crippen molar-refractivity contribution in [3.63, 3.8) is 0 Å². The Morgan fingerprint density at radius 3 is 2.93 bits per heavy atom. The van der Waals surface area contributed by atoms with Gasteiger partial charge < -0.3 is 20.7 Å². The standard InChI is InChI=1S/C18H24N8O/c1-19-18(22-10-13-5-4-6-14(9-13)27-3)21-8-7-20-16-15-11-25-26(2)17(15)24-12-23-16/h4-6,9,11-12H,7-8,10H2,1-3H3,(H2,19,21,22)(H,20,23,24). The van der Waals surface area contributed by atoms with Gasteiger partial charge in [0.05, 0.1) is 18.7 Å². The Balaban J connectivity index is 1.47. The van der Waals surface area contributed by atoms with Crippen molar-refractivity contribution in [2.24, 2.45) is 12.0 Å². The van der Waals surface area contributed by atoms with Gasteiger partial charge in [-0.25, -0.2) is 9.97 Å². The minimum Gasteiger partial charge on any atom is -0.497 e. The molecule has 0 aliphatic carbocycles. The fraction of sp³-hybridized carbons (Fsp3) is 0.333. The molecule has 1 aromatic carbocycles. The molecular weight excluding hydrogens is 344 g/mol. The first kappa shape index (κ1) is 18.4. The lowest BCUT2D eigenvalue weighted by molar-refractivity contribution is 0.414. The number of methoxy groups -OCH3 is 1. The quantitative estimate of drug-likeness (QED) is 0.327. The maximum Gasteiger partial charge on any atom is 0.191 e. The van der Waals surface area contributed by atoms with Crippen LogP contribution in [0.5, 0.6) is 5.75 Å². The second kappa shape index (κ2) is 8.84. The third-order valence-corrected chi connectivity index (χ3v) is 4.06. The van der Waals surface area contributed by atoms with Gasteiger partial charge in [0.1, 0.15) is 17.9 Å². The molecule has 0 unspecified atom stereocenters. The van der Waals surface area contributed by atoms with Crippen LogP contribution in [0.4, 0.5) is 5.82 Å². The monoisotopic (exact) mass is 368 g/mol. The Hall–Kier alpha value is -3.36. The number of nitrogens with one attached hydrogen (secondary N) is 3. The SMILES string of the molecule is CN=C(NCCNc1ncnc2c1cnn2C)NCc1cccc(OC)c1. The highest BCUT2D eigenvalue weighted by Crippen LogP contribution is 2.17. The molecule has 0 amide bonds. The Labute approximate surface area is 157 Å². The van der Waals surface area contributed by atoms with Gasteiger partial charge in [-0.3, -0.25) is 9.67 Å². The van der Waals surface area contributed by atoms with E-state index in [-0.39, 0.29) is 0 Å². The molecule has 3 rings (SSSR count). The van der Waals surface area contributed by atoms with Crippen LogP contribution in [0.3, 0.4) is 0 Å². The van der Waals surface area contributed by atoms with Gasteiger partial charge in [0, 0.05) is 33.7 Å². The van der Waals surface area contributed by atoms with Crippen LogP contribution in [0.1, 0.15) is 5.56 Å². The van der Waals surface area contributed by atoms with E-state index in [1.165, 1.54) is 6.33 Å². The van der Waals surface area contributed by atoms with Crippen LogP contribution in [-0.2, 0) is 13.6 Å². The Morgan fingerprint density at radius 1 is 1.22 bits per heavy atom. The summed E-state index contributed by atoms with van der Waals surface area (Å²) in [4.78, 5) is 12.8. The first-order chi connectivity index (χ1) is 13.2. The third-order valence-electron chi connectivity index (χ3n) is 4.06.